The lowest BCUT2D eigenvalue weighted by Crippen LogP contribution is -2.45. The number of rotatable bonds is 2. The Hall–Kier alpha value is -2.58. The van der Waals surface area contributed by atoms with E-state index in [2.05, 4.69) is 4.74 Å². The van der Waals surface area contributed by atoms with Gasteiger partial charge in [-0.25, -0.2) is 4.79 Å². The van der Waals surface area contributed by atoms with E-state index in [0.29, 0.717) is 0 Å². The molecule has 114 valence electrons. The first-order chi connectivity index (χ1) is 9.75. The normalized spacial score (nSPS) is 10.7. The Kier molecular flexibility index (Phi) is 5.28. The van der Waals surface area contributed by atoms with Crippen LogP contribution in [0.3, 0.4) is 0 Å². The van der Waals surface area contributed by atoms with E-state index in [1.165, 1.54) is 6.92 Å². The molecule has 1 rings (SSSR count). The first-order valence-corrected chi connectivity index (χ1v) is 5.70. The molecule has 0 radical (unpaired) electrons. The molecule has 0 saturated carbocycles. The fraction of sp³-hybridized carbons (Fsp3) is 0.250. The zero-order valence-corrected chi connectivity index (χ0v) is 10.8. The standard InChI is InChI=1S/C12H11F3N2O4/c1-2-21-11(20)10(19)17-16-9(18)7-3-5-8(6-4-7)12(13,14)15/h3-6H,2H2,1H3,(H,16,18)(H,17,19). The number of nitrogens with one attached hydrogen (secondary N) is 2. The summed E-state index contributed by atoms with van der Waals surface area (Å²) in [6.45, 7) is 1.48. The van der Waals surface area contributed by atoms with Crippen LogP contribution in [-0.2, 0) is 20.5 Å². The van der Waals surface area contributed by atoms with Gasteiger partial charge in [0.25, 0.3) is 5.91 Å². The van der Waals surface area contributed by atoms with Gasteiger partial charge in [-0.2, -0.15) is 13.2 Å². The Bertz CT molecular complexity index is 540. The lowest BCUT2D eigenvalue weighted by molar-refractivity contribution is -0.154. The molecule has 0 spiro atoms. The van der Waals surface area contributed by atoms with E-state index in [4.69, 9.17) is 0 Å². The van der Waals surface area contributed by atoms with E-state index < -0.39 is 29.5 Å². The van der Waals surface area contributed by atoms with Crippen molar-refractivity contribution in [2.45, 2.75) is 13.1 Å². The zero-order chi connectivity index (χ0) is 16.0. The Balaban J connectivity index is 2.61. The highest BCUT2D eigenvalue weighted by Crippen LogP contribution is 2.28. The molecule has 0 aromatic heterocycles. The van der Waals surface area contributed by atoms with Crippen molar-refractivity contribution in [2.24, 2.45) is 0 Å². The van der Waals surface area contributed by atoms with Gasteiger partial charge in [-0.05, 0) is 31.2 Å². The SMILES string of the molecule is CCOC(=O)C(=O)NNC(=O)c1ccc(C(F)(F)F)cc1. The first-order valence-electron chi connectivity index (χ1n) is 5.70. The third-order valence-electron chi connectivity index (χ3n) is 2.22. The van der Waals surface area contributed by atoms with Crippen LogP contribution in [0, 0.1) is 0 Å². The highest BCUT2D eigenvalue weighted by molar-refractivity contribution is 6.32. The van der Waals surface area contributed by atoms with E-state index in [1.807, 2.05) is 5.43 Å². The van der Waals surface area contributed by atoms with Crippen molar-refractivity contribution in [1.29, 1.82) is 0 Å². The number of hydrogen-bond donors (Lipinski definition) is 2. The van der Waals surface area contributed by atoms with Crippen LogP contribution >= 0.6 is 0 Å². The largest absolute Gasteiger partial charge is 0.459 e. The quantitative estimate of drug-likeness (QED) is 0.485. The number of esters is 1. The van der Waals surface area contributed by atoms with E-state index in [-0.39, 0.29) is 12.2 Å². The van der Waals surface area contributed by atoms with Gasteiger partial charge in [0.05, 0.1) is 12.2 Å². The fourth-order valence-corrected chi connectivity index (χ4v) is 1.24. The topological polar surface area (TPSA) is 84.5 Å². The highest BCUT2D eigenvalue weighted by atomic mass is 19.4. The molecule has 0 aliphatic rings. The summed E-state index contributed by atoms with van der Waals surface area (Å²) in [5.74, 6) is -3.26. The molecular formula is C12H11F3N2O4. The Labute approximate surface area is 117 Å². The van der Waals surface area contributed by atoms with Gasteiger partial charge < -0.3 is 4.74 Å². The smallest absolute Gasteiger partial charge is 0.416 e. The molecule has 0 fully saturated rings. The summed E-state index contributed by atoms with van der Waals surface area (Å²) in [4.78, 5) is 33.6. The summed E-state index contributed by atoms with van der Waals surface area (Å²) >= 11 is 0. The molecule has 1 aromatic carbocycles. The van der Waals surface area contributed by atoms with Gasteiger partial charge in [-0.1, -0.05) is 0 Å². The van der Waals surface area contributed by atoms with Crippen molar-refractivity contribution in [1.82, 2.24) is 10.9 Å². The molecule has 21 heavy (non-hydrogen) atoms. The van der Waals surface area contributed by atoms with Crippen molar-refractivity contribution >= 4 is 17.8 Å². The van der Waals surface area contributed by atoms with Crippen LogP contribution in [0.4, 0.5) is 13.2 Å². The molecule has 1 aromatic rings. The summed E-state index contributed by atoms with van der Waals surface area (Å²) in [6.07, 6.45) is -4.51. The Morgan fingerprint density at radius 1 is 1.10 bits per heavy atom. The molecule has 2 N–H and O–H groups in total. The molecule has 6 nitrogen and oxygen atoms in total. The second-order valence-electron chi connectivity index (χ2n) is 3.70. The number of amides is 2. The minimum absolute atomic E-state index is 0.0148. The number of benzene rings is 1. The Morgan fingerprint density at radius 2 is 1.67 bits per heavy atom. The monoisotopic (exact) mass is 304 g/mol. The van der Waals surface area contributed by atoms with Gasteiger partial charge in [-0.15, -0.1) is 0 Å². The number of halogens is 3. The van der Waals surface area contributed by atoms with Crippen molar-refractivity contribution in [2.75, 3.05) is 6.61 Å². The molecule has 9 heteroatoms. The molecule has 0 heterocycles. The van der Waals surface area contributed by atoms with Crippen molar-refractivity contribution < 1.29 is 32.3 Å². The van der Waals surface area contributed by atoms with Crippen LogP contribution < -0.4 is 10.9 Å². The zero-order valence-electron chi connectivity index (χ0n) is 10.8. The van der Waals surface area contributed by atoms with Crippen molar-refractivity contribution in [3.8, 4) is 0 Å². The van der Waals surface area contributed by atoms with Gasteiger partial charge in [0.2, 0.25) is 0 Å². The molecular weight excluding hydrogens is 293 g/mol. The van der Waals surface area contributed by atoms with E-state index in [9.17, 15) is 27.6 Å². The predicted octanol–water partition coefficient (Wildman–Crippen LogP) is 1.03. The van der Waals surface area contributed by atoms with Crippen LogP contribution in [0.1, 0.15) is 22.8 Å². The van der Waals surface area contributed by atoms with E-state index >= 15 is 0 Å². The predicted molar refractivity (Wildman–Crippen MR) is 63.7 cm³/mol. The van der Waals surface area contributed by atoms with Crippen LogP contribution in [0.25, 0.3) is 0 Å². The summed E-state index contributed by atoms with van der Waals surface area (Å²) in [5, 5.41) is 0. The molecule has 0 atom stereocenters. The second-order valence-corrected chi connectivity index (χ2v) is 3.70. The lowest BCUT2D eigenvalue weighted by Gasteiger charge is -2.09. The average molecular weight is 304 g/mol. The summed E-state index contributed by atoms with van der Waals surface area (Å²) < 4.78 is 41.3. The van der Waals surface area contributed by atoms with Crippen molar-refractivity contribution in [3.05, 3.63) is 35.4 Å². The van der Waals surface area contributed by atoms with Crippen LogP contribution in [0.5, 0.6) is 0 Å². The Morgan fingerprint density at radius 3 is 2.14 bits per heavy atom. The van der Waals surface area contributed by atoms with E-state index in [0.717, 1.165) is 24.3 Å². The summed E-state index contributed by atoms with van der Waals surface area (Å²) in [5.41, 5.74) is 2.62. The van der Waals surface area contributed by atoms with Crippen LogP contribution in [0.2, 0.25) is 0 Å². The summed E-state index contributed by atoms with van der Waals surface area (Å²) in [6, 6.07) is 3.33. The maximum absolute atomic E-state index is 12.3. The van der Waals surface area contributed by atoms with Gasteiger partial charge in [-0.3, -0.25) is 20.4 Å². The first kappa shape index (κ1) is 16.5. The molecule has 0 unspecified atom stereocenters. The number of alkyl halides is 3. The number of ether oxygens (including phenoxy) is 1. The third-order valence-corrected chi connectivity index (χ3v) is 2.22. The van der Waals surface area contributed by atoms with Gasteiger partial charge >= 0.3 is 18.1 Å². The van der Waals surface area contributed by atoms with Gasteiger partial charge in [0, 0.05) is 5.56 Å². The average Bonchev–Trinajstić information content (AvgIpc) is 2.43. The van der Waals surface area contributed by atoms with Crippen molar-refractivity contribution in [3.63, 3.8) is 0 Å². The third kappa shape index (κ3) is 4.79. The molecule has 2 amide bonds. The molecule has 0 aliphatic carbocycles. The van der Waals surface area contributed by atoms with Gasteiger partial charge in [0.1, 0.15) is 0 Å². The van der Waals surface area contributed by atoms with Crippen LogP contribution in [0.15, 0.2) is 24.3 Å². The second kappa shape index (κ2) is 6.73. The number of hydrazine groups is 1. The minimum atomic E-state index is -4.51. The maximum atomic E-state index is 12.3. The lowest BCUT2D eigenvalue weighted by atomic mass is 10.1. The number of carbonyl (C=O) groups excluding carboxylic acids is 3. The molecule has 0 aliphatic heterocycles. The number of hydrogen-bond acceptors (Lipinski definition) is 4. The maximum Gasteiger partial charge on any atom is 0.416 e. The van der Waals surface area contributed by atoms with E-state index in [1.54, 1.807) is 5.43 Å². The highest BCUT2D eigenvalue weighted by Gasteiger charge is 2.30. The molecule has 0 saturated heterocycles. The summed E-state index contributed by atoms with van der Waals surface area (Å²) in [7, 11) is 0. The molecule has 0 bridgehead atoms. The fourth-order valence-electron chi connectivity index (χ4n) is 1.24. The minimum Gasteiger partial charge on any atom is -0.459 e. The van der Waals surface area contributed by atoms with Crippen LogP contribution in [-0.4, -0.2) is 24.4 Å². The number of carbonyl (C=O) groups is 3. The van der Waals surface area contributed by atoms with Gasteiger partial charge in [0.15, 0.2) is 0 Å².